The first-order valence-corrected chi connectivity index (χ1v) is 11.1. The molecule has 0 unspecified atom stereocenters. The number of ether oxygens (including phenoxy) is 1. The molecule has 0 bridgehead atoms. The zero-order chi connectivity index (χ0) is 18.3. The highest BCUT2D eigenvalue weighted by atomic mass is 16.5. The Kier molecular flexibility index (Phi) is 22.6. The molecule has 0 aliphatic heterocycles. The van der Waals surface area contributed by atoms with Crippen LogP contribution in [-0.4, -0.2) is 0 Å². The maximum Gasteiger partial charge on any atom is 0.121 e. The van der Waals surface area contributed by atoms with Crippen molar-refractivity contribution < 1.29 is 4.74 Å². The Bertz CT molecular complexity index is 280. The molecule has 0 aromatic carbocycles. The fourth-order valence-corrected chi connectivity index (χ4v) is 3.26. The molecule has 0 amide bonds. The molecular formula is C24H45O. The highest BCUT2D eigenvalue weighted by Gasteiger charge is 1.94. The molecule has 1 nitrogen and oxygen atoms in total. The molecule has 0 rings (SSSR count). The van der Waals surface area contributed by atoms with E-state index in [0.717, 1.165) is 0 Å². The quantitative estimate of drug-likeness (QED) is 0.121. The van der Waals surface area contributed by atoms with E-state index in [1.165, 1.54) is 116 Å². The molecule has 0 fully saturated rings. The van der Waals surface area contributed by atoms with Gasteiger partial charge in [0.15, 0.2) is 0 Å². The van der Waals surface area contributed by atoms with Gasteiger partial charge in [0, 0.05) is 0 Å². The summed E-state index contributed by atoms with van der Waals surface area (Å²) in [6.45, 7) is 2.29. The lowest BCUT2D eigenvalue weighted by Crippen LogP contribution is -1.83. The van der Waals surface area contributed by atoms with E-state index < -0.39 is 0 Å². The van der Waals surface area contributed by atoms with Crippen molar-refractivity contribution >= 4 is 0 Å². The molecule has 0 aliphatic carbocycles. The van der Waals surface area contributed by atoms with Gasteiger partial charge in [0.25, 0.3) is 0 Å². The number of hydrogen-bond donors (Lipinski definition) is 0. The van der Waals surface area contributed by atoms with Crippen LogP contribution in [0, 0.1) is 7.11 Å². The minimum atomic E-state index is 1.18. The molecule has 1 heteroatoms. The first-order valence-electron chi connectivity index (χ1n) is 11.1. The summed E-state index contributed by atoms with van der Waals surface area (Å²) in [6, 6.07) is 0. The van der Waals surface area contributed by atoms with Gasteiger partial charge in [-0.2, -0.15) is 0 Å². The van der Waals surface area contributed by atoms with E-state index in [1.54, 1.807) is 6.26 Å². The third kappa shape index (κ3) is 23.3. The number of rotatable bonds is 20. The van der Waals surface area contributed by atoms with Gasteiger partial charge in [-0.1, -0.05) is 122 Å². The summed E-state index contributed by atoms with van der Waals surface area (Å²) in [5.41, 5.74) is 0. The largest absolute Gasteiger partial charge is 0.498 e. The second kappa shape index (κ2) is 23.3. The van der Waals surface area contributed by atoms with Gasteiger partial charge in [-0.05, 0) is 18.9 Å². The summed E-state index contributed by atoms with van der Waals surface area (Å²) < 4.78 is 4.60. The van der Waals surface area contributed by atoms with Gasteiger partial charge in [0.1, 0.15) is 7.11 Å². The fourth-order valence-electron chi connectivity index (χ4n) is 3.26. The predicted octanol–water partition coefficient (Wildman–Crippen LogP) is 8.91. The standard InChI is InChI=1S/C24H45O/c1-3-4-5-6-7-8-9-10-11-12-13-14-15-16-17-18-19-20-21-22-23-24-25-2/h21-24H,2-20H2,1H3/b22-21+,24-23+. The average molecular weight is 350 g/mol. The predicted molar refractivity (Wildman–Crippen MR) is 114 cm³/mol. The van der Waals surface area contributed by atoms with Crippen molar-refractivity contribution in [2.75, 3.05) is 0 Å². The molecule has 1 radical (unpaired) electrons. The topological polar surface area (TPSA) is 9.23 Å². The van der Waals surface area contributed by atoms with Crippen LogP contribution >= 0.6 is 0 Å². The molecule has 0 saturated heterocycles. The van der Waals surface area contributed by atoms with Crippen molar-refractivity contribution in [3.05, 3.63) is 31.6 Å². The Labute approximate surface area is 159 Å². The van der Waals surface area contributed by atoms with Crippen LogP contribution in [0.25, 0.3) is 0 Å². The van der Waals surface area contributed by atoms with Crippen LogP contribution < -0.4 is 0 Å². The van der Waals surface area contributed by atoms with Crippen LogP contribution in [0.5, 0.6) is 0 Å². The number of hydrogen-bond acceptors (Lipinski definition) is 1. The van der Waals surface area contributed by atoms with Gasteiger partial charge in [-0.3, -0.25) is 0 Å². The molecule has 0 N–H and O–H groups in total. The first-order chi connectivity index (χ1) is 12.4. The van der Waals surface area contributed by atoms with Gasteiger partial charge >= 0.3 is 0 Å². The molecule has 147 valence electrons. The van der Waals surface area contributed by atoms with Gasteiger partial charge < -0.3 is 4.74 Å². The highest BCUT2D eigenvalue weighted by molar-refractivity contribution is 4.99. The minimum Gasteiger partial charge on any atom is -0.498 e. The van der Waals surface area contributed by atoms with Crippen molar-refractivity contribution in [3.63, 3.8) is 0 Å². The van der Waals surface area contributed by atoms with Crippen LogP contribution in [0.4, 0.5) is 0 Å². The second-order valence-corrected chi connectivity index (χ2v) is 7.37. The average Bonchev–Trinajstić information content (AvgIpc) is 2.63. The van der Waals surface area contributed by atoms with Crippen LogP contribution in [0.2, 0.25) is 0 Å². The molecule has 0 heterocycles. The van der Waals surface area contributed by atoms with Crippen molar-refractivity contribution in [2.24, 2.45) is 0 Å². The normalized spacial score (nSPS) is 11.8. The molecular weight excluding hydrogens is 304 g/mol. The Morgan fingerprint density at radius 3 is 1.36 bits per heavy atom. The summed E-state index contributed by atoms with van der Waals surface area (Å²) in [4.78, 5) is 0. The lowest BCUT2D eigenvalue weighted by molar-refractivity contribution is 0.394. The zero-order valence-electron chi connectivity index (χ0n) is 17.2. The fraction of sp³-hybridized carbons (Fsp3) is 0.792. The molecule has 0 atom stereocenters. The van der Waals surface area contributed by atoms with Crippen molar-refractivity contribution in [1.29, 1.82) is 0 Å². The summed E-state index contributed by atoms with van der Waals surface area (Å²) >= 11 is 0. The Hall–Kier alpha value is -0.720. The SMILES string of the molecule is [CH2]O/C=C/C=C/CCCCCCCCCCCCCCCCCCC. The minimum absolute atomic E-state index is 1.18. The van der Waals surface area contributed by atoms with E-state index in [2.05, 4.69) is 24.8 Å². The van der Waals surface area contributed by atoms with Crippen LogP contribution in [0.3, 0.4) is 0 Å². The third-order valence-electron chi connectivity index (χ3n) is 4.90. The first kappa shape index (κ1) is 24.3. The van der Waals surface area contributed by atoms with Gasteiger partial charge in [-0.15, -0.1) is 0 Å². The lowest BCUT2D eigenvalue weighted by Gasteiger charge is -2.03. The summed E-state index contributed by atoms with van der Waals surface area (Å²) in [7, 11) is 3.29. The van der Waals surface area contributed by atoms with E-state index in [1.807, 2.05) is 12.2 Å². The molecule has 0 saturated carbocycles. The van der Waals surface area contributed by atoms with E-state index in [9.17, 15) is 0 Å². The van der Waals surface area contributed by atoms with Crippen LogP contribution in [0.15, 0.2) is 24.5 Å². The maximum absolute atomic E-state index is 4.60. The highest BCUT2D eigenvalue weighted by Crippen LogP contribution is 2.14. The van der Waals surface area contributed by atoms with E-state index in [4.69, 9.17) is 0 Å². The van der Waals surface area contributed by atoms with Crippen LogP contribution in [-0.2, 0) is 4.74 Å². The van der Waals surface area contributed by atoms with Gasteiger partial charge in [0.2, 0.25) is 0 Å². The van der Waals surface area contributed by atoms with Gasteiger partial charge in [-0.25, -0.2) is 0 Å². The van der Waals surface area contributed by atoms with E-state index >= 15 is 0 Å². The molecule has 0 spiro atoms. The molecule has 25 heavy (non-hydrogen) atoms. The van der Waals surface area contributed by atoms with E-state index in [-0.39, 0.29) is 0 Å². The molecule has 0 aromatic rings. The monoisotopic (exact) mass is 349 g/mol. The summed E-state index contributed by atoms with van der Waals surface area (Å²) in [5, 5.41) is 0. The number of unbranched alkanes of at least 4 members (excludes halogenated alkanes) is 17. The number of allylic oxidation sites excluding steroid dienone is 3. The smallest absolute Gasteiger partial charge is 0.121 e. The Morgan fingerprint density at radius 1 is 0.560 bits per heavy atom. The van der Waals surface area contributed by atoms with Crippen molar-refractivity contribution in [2.45, 2.75) is 122 Å². The maximum atomic E-state index is 4.60. The van der Waals surface area contributed by atoms with Crippen molar-refractivity contribution in [1.82, 2.24) is 0 Å². The van der Waals surface area contributed by atoms with E-state index in [0.29, 0.717) is 0 Å². The zero-order valence-corrected chi connectivity index (χ0v) is 17.2. The van der Waals surface area contributed by atoms with Gasteiger partial charge in [0.05, 0.1) is 6.26 Å². The van der Waals surface area contributed by atoms with Crippen LogP contribution in [0.1, 0.15) is 122 Å². The Balaban J connectivity index is 3.03. The molecule has 0 aromatic heterocycles. The third-order valence-corrected chi connectivity index (χ3v) is 4.90. The van der Waals surface area contributed by atoms with Crippen molar-refractivity contribution in [3.8, 4) is 0 Å². The second-order valence-electron chi connectivity index (χ2n) is 7.37. The molecule has 0 aliphatic rings. The summed E-state index contributed by atoms with van der Waals surface area (Å²) in [6.07, 6.45) is 33.3. The summed E-state index contributed by atoms with van der Waals surface area (Å²) in [5.74, 6) is 0. The Morgan fingerprint density at radius 2 is 0.960 bits per heavy atom. The lowest BCUT2D eigenvalue weighted by atomic mass is 10.0.